The highest BCUT2D eigenvalue weighted by Crippen LogP contribution is 2.27. The number of carbonyl (C=O) groups excluding carboxylic acids is 2. The summed E-state index contributed by atoms with van der Waals surface area (Å²) in [4.78, 5) is 26.2. The molecule has 3 rings (SSSR count). The third-order valence-electron chi connectivity index (χ3n) is 4.19. The first kappa shape index (κ1) is 16.3. The van der Waals surface area contributed by atoms with Crippen LogP contribution < -0.4 is 5.32 Å². The first-order valence-electron chi connectivity index (χ1n) is 7.57. The van der Waals surface area contributed by atoms with Crippen molar-refractivity contribution >= 4 is 40.0 Å². The number of ketones is 1. The number of aromatic nitrogens is 1. The lowest BCUT2D eigenvalue weighted by Gasteiger charge is -2.08. The fraction of sp³-hybridized carbons (Fsp3) is 0.158. The smallest absolute Gasteiger partial charge is 0.296 e. The lowest BCUT2D eigenvalue weighted by molar-refractivity contribution is -0.112. The second-order valence-corrected chi connectivity index (χ2v) is 6.37. The Morgan fingerprint density at radius 2 is 1.71 bits per heavy atom. The van der Waals surface area contributed by atoms with E-state index in [0.717, 1.165) is 21.5 Å². The van der Waals surface area contributed by atoms with E-state index in [9.17, 15) is 9.59 Å². The summed E-state index contributed by atoms with van der Waals surface area (Å²) in [5, 5.41) is 3.54. The highest BCUT2D eigenvalue weighted by molar-refractivity contribution is 7.98. The highest BCUT2D eigenvalue weighted by Gasteiger charge is 2.24. The Labute approximate surface area is 144 Å². The van der Waals surface area contributed by atoms with Crippen molar-refractivity contribution in [2.75, 3.05) is 11.6 Å². The Hall–Kier alpha value is -2.53. The van der Waals surface area contributed by atoms with Gasteiger partial charge < -0.3 is 9.88 Å². The van der Waals surface area contributed by atoms with Gasteiger partial charge in [-0.25, -0.2) is 0 Å². The van der Waals surface area contributed by atoms with E-state index in [4.69, 9.17) is 0 Å². The van der Waals surface area contributed by atoms with E-state index >= 15 is 0 Å². The second kappa shape index (κ2) is 6.53. The van der Waals surface area contributed by atoms with Gasteiger partial charge in [-0.1, -0.05) is 30.3 Å². The Bertz CT molecular complexity index is 944. The molecule has 4 nitrogen and oxygen atoms in total. The largest absolute Gasteiger partial charge is 0.347 e. The van der Waals surface area contributed by atoms with Gasteiger partial charge in [0.25, 0.3) is 11.7 Å². The summed E-state index contributed by atoms with van der Waals surface area (Å²) in [5.74, 6) is -1.13. The van der Waals surface area contributed by atoms with Gasteiger partial charge in [-0.2, -0.15) is 0 Å². The molecule has 1 aromatic heterocycles. The minimum Gasteiger partial charge on any atom is -0.347 e. The molecule has 0 aliphatic carbocycles. The summed E-state index contributed by atoms with van der Waals surface area (Å²) in [5.41, 5.74) is 2.85. The molecule has 3 aromatic rings. The number of Topliss-reactive ketones (excluding diaryl/α,β-unsaturated/α-hetero) is 1. The van der Waals surface area contributed by atoms with Gasteiger partial charge in [-0.3, -0.25) is 9.59 Å². The topological polar surface area (TPSA) is 51.1 Å². The number of fused-ring (bicyclic) bond motifs is 1. The molecule has 0 radical (unpaired) electrons. The molecule has 0 saturated carbocycles. The van der Waals surface area contributed by atoms with E-state index in [1.54, 1.807) is 6.07 Å². The Morgan fingerprint density at radius 3 is 2.46 bits per heavy atom. The van der Waals surface area contributed by atoms with Gasteiger partial charge in [0.1, 0.15) is 0 Å². The molecule has 0 bridgehead atoms. The summed E-state index contributed by atoms with van der Waals surface area (Å²) >= 11 is 1.52. The van der Waals surface area contributed by atoms with Crippen molar-refractivity contribution in [2.24, 2.45) is 7.05 Å². The third kappa shape index (κ3) is 2.71. The summed E-state index contributed by atoms with van der Waals surface area (Å²) in [6, 6.07) is 15.1. The molecule has 5 heteroatoms. The number of para-hydroxylation sites is 2. The first-order chi connectivity index (χ1) is 11.5. The second-order valence-electron chi connectivity index (χ2n) is 5.52. The molecule has 0 aliphatic heterocycles. The molecular formula is C19H18N2O2S. The SMILES string of the molecule is CSc1ccccc1NC(=O)C(=O)c1c(C)n(C)c2ccccc12. The van der Waals surface area contributed by atoms with Crippen LogP contribution in [0.4, 0.5) is 5.69 Å². The quantitative estimate of drug-likeness (QED) is 0.444. The zero-order chi connectivity index (χ0) is 17.3. The molecule has 2 aromatic carbocycles. The molecular weight excluding hydrogens is 320 g/mol. The Balaban J connectivity index is 1.98. The van der Waals surface area contributed by atoms with Crippen LogP contribution >= 0.6 is 11.8 Å². The van der Waals surface area contributed by atoms with Gasteiger partial charge in [0.05, 0.1) is 11.3 Å². The van der Waals surface area contributed by atoms with E-state index in [2.05, 4.69) is 5.32 Å². The van der Waals surface area contributed by atoms with Gasteiger partial charge in [0, 0.05) is 28.5 Å². The molecule has 0 aliphatic rings. The van der Waals surface area contributed by atoms with Gasteiger partial charge in [0.2, 0.25) is 0 Å². The summed E-state index contributed by atoms with van der Waals surface area (Å²) in [7, 11) is 1.90. The Kier molecular flexibility index (Phi) is 4.44. The maximum Gasteiger partial charge on any atom is 0.296 e. The number of thioether (sulfide) groups is 1. The summed E-state index contributed by atoms with van der Waals surface area (Å²) in [6.07, 6.45) is 1.93. The minimum absolute atomic E-state index is 0.465. The lowest BCUT2D eigenvalue weighted by Crippen LogP contribution is -2.23. The van der Waals surface area contributed by atoms with Crippen LogP contribution in [0.15, 0.2) is 53.4 Å². The van der Waals surface area contributed by atoms with Crippen LogP contribution in [0.5, 0.6) is 0 Å². The zero-order valence-electron chi connectivity index (χ0n) is 13.8. The van der Waals surface area contributed by atoms with Crippen molar-refractivity contribution in [1.29, 1.82) is 0 Å². The highest BCUT2D eigenvalue weighted by atomic mass is 32.2. The van der Waals surface area contributed by atoms with E-state index in [1.165, 1.54) is 11.8 Å². The molecule has 1 heterocycles. The normalized spacial score (nSPS) is 10.8. The number of carbonyl (C=O) groups is 2. The van der Waals surface area contributed by atoms with Crippen LogP contribution in [0.1, 0.15) is 16.1 Å². The van der Waals surface area contributed by atoms with Crippen LogP contribution in [0.3, 0.4) is 0 Å². The predicted molar refractivity (Wildman–Crippen MR) is 98.8 cm³/mol. The predicted octanol–water partition coefficient (Wildman–Crippen LogP) is 4.03. The van der Waals surface area contributed by atoms with Crippen LogP contribution in [-0.2, 0) is 11.8 Å². The fourth-order valence-electron chi connectivity index (χ4n) is 2.85. The molecule has 0 saturated heterocycles. The molecule has 0 spiro atoms. The van der Waals surface area contributed by atoms with Crippen LogP contribution in [0, 0.1) is 6.92 Å². The first-order valence-corrected chi connectivity index (χ1v) is 8.79. The maximum atomic E-state index is 12.8. The number of benzene rings is 2. The average Bonchev–Trinajstić information content (AvgIpc) is 2.86. The fourth-order valence-corrected chi connectivity index (χ4v) is 3.40. The monoisotopic (exact) mass is 338 g/mol. The van der Waals surface area contributed by atoms with Crippen molar-refractivity contribution in [2.45, 2.75) is 11.8 Å². The van der Waals surface area contributed by atoms with E-state index in [-0.39, 0.29) is 0 Å². The van der Waals surface area contributed by atoms with E-state index in [1.807, 2.05) is 67.3 Å². The van der Waals surface area contributed by atoms with E-state index < -0.39 is 11.7 Å². The average molecular weight is 338 g/mol. The molecule has 0 unspecified atom stereocenters. The van der Waals surface area contributed by atoms with Gasteiger partial charge in [0.15, 0.2) is 0 Å². The molecule has 24 heavy (non-hydrogen) atoms. The van der Waals surface area contributed by atoms with Crippen molar-refractivity contribution in [3.8, 4) is 0 Å². The Morgan fingerprint density at radius 1 is 1.04 bits per heavy atom. The number of hydrogen-bond donors (Lipinski definition) is 1. The van der Waals surface area contributed by atoms with Gasteiger partial charge in [-0.15, -0.1) is 11.8 Å². The summed E-state index contributed by atoms with van der Waals surface area (Å²) in [6.45, 7) is 1.86. The summed E-state index contributed by atoms with van der Waals surface area (Å²) < 4.78 is 1.94. The number of nitrogens with one attached hydrogen (secondary N) is 1. The van der Waals surface area contributed by atoms with Crippen LogP contribution in [-0.4, -0.2) is 22.5 Å². The van der Waals surface area contributed by atoms with Crippen LogP contribution in [0.2, 0.25) is 0 Å². The molecule has 122 valence electrons. The molecule has 1 amide bonds. The number of anilines is 1. The van der Waals surface area contributed by atoms with Gasteiger partial charge >= 0.3 is 0 Å². The van der Waals surface area contributed by atoms with Crippen molar-refractivity contribution in [3.63, 3.8) is 0 Å². The van der Waals surface area contributed by atoms with Crippen molar-refractivity contribution < 1.29 is 9.59 Å². The minimum atomic E-state index is -0.615. The molecule has 0 atom stereocenters. The lowest BCUT2D eigenvalue weighted by atomic mass is 10.1. The van der Waals surface area contributed by atoms with Crippen molar-refractivity contribution in [3.05, 3.63) is 59.8 Å². The standard InChI is InChI=1S/C19H18N2O2S/c1-12-17(13-8-4-6-10-15(13)21(12)2)18(22)19(23)20-14-9-5-7-11-16(14)24-3/h4-11H,1-3H3,(H,20,23). The van der Waals surface area contributed by atoms with E-state index in [0.29, 0.717) is 11.3 Å². The number of rotatable bonds is 4. The third-order valence-corrected chi connectivity index (χ3v) is 4.98. The number of hydrogen-bond acceptors (Lipinski definition) is 3. The number of aryl methyl sites for hydroxylation is 1. The number of nitrogens with zero attached hydrogens (tertiary/aromatic N) is 1. The maximum absolute atomic E-state index is 12.8. The van der Waals surface area contributed by atoms with Crippen LogP contribution in [0.25, 0.3) is 10.9 Å². The molecule has 0 fully saturated rings. The van der Waals surface area contributed by atoms with Gasteiger partial charge in [-0.05, 0) is 31.4 Å². The number of amides is 1. The molecule has 1 N–H and O–H groups in total. The zero-order valence-corrected chi connectivity index (χ0v) is 14.6. The van der Waals surface area contributed by atoms with Crippen molar-refractivity contribution in [1.82, 2.24) is 4.57 Å².